The van der Waals surface area contributed by atoms with Gasteiger partial charge >= 0.3 is 6.01 Å². The maximum Gasteiger partial charge on any atom is 0.318 e. The van der Waals surface area contributed by atoms with E-state index in [4.69, 9.17) is 11.2 Å². The van der Waals surface area contributed by atoms with Gasteiger partial charge in [-0.1, -0.05) is 12.0 Å². The minimum atomic E-state index is -0.719. The van der Waals surface area contributed by atoms with Crippen molar-refractivity contribution in [2.24, 2.45) is 11.8 Å². The summed E-state index contributed by atoms with van der Waals surface area (Å²) >= 11 is 0. The van der Waals surface area contributed by atoms with E-state index in [1.54, 1.807) is 0 Å². The topological polar surface area (TPSA) is 74.6 Å². The Kier molecular flexibility index (Phi) is 7.45. The fourth-order valence-corrected chi connectivity index (χ4v) is 7.70. The predicted molar refractivity (Wildman–Crippen MR) is 163 cm³/mol. The quantitative estimate of drug-likeness (QED) is 0.279. The number of hydrogen-bond acceptors (Lipinski definition) is 7. The zero-order chi connectivity index (χ0) is 30.5. The van der Waals surface area contributed by atoms with Gasteiger partial charge < -0.3 is 14.7 Å². The van der Waals surface area contributed by atoms with Crippen LogP contribution in [0.1, 0.15) is 44.1 Å². The predicted octanol–water partition coefficient (Wildman–Crippen LogP) is 6.25. The number of anilines is 1. The molecule has 1 N–H and O–H groups in total. The number of phenolic OH excluding ortho intramolecular Hbond substituents is 1. The Labute approximate surface area is 254 Å². The number of aromatic hydroxyl groups is 1. The smallest absolute Gasteiger partial charge is 0.318 e. The highest BCUT2D eigenvalue weighted by molar-refractivity contribution is 6.03. The van der Waals surface area contributed by atoms with Crippen LogP contribution in [0.5, 0.6) is 11.8 Å². The summed E-state index contributed by atoms with van der Waals surface area (Å²) in [6.45, 7) is 3.55. The van der Waals surface area contributed by atoms with Crippen molar-refractivity contribution in [1.29, 1.82) is 0 Å². The number of hydrogen-bond donors (Lipinski definition) is 1. The van der Waals surface area contributed by atoms with Crippen molar-refractivity contribution in [2.45, 2.75) is 50.7 Å². The van der Waals surface area contributed by atoms with Crippen molar-refractivity contribution in [2.75, 3.05) is 38.2 Å². The molecule has 228 valence electrons. The van der Waals surface area contributed by atoms with E-state index in [-0.39, 0.29) is 34.1 Å². The second kappa shape index (κ2) is 11.4. The highest BCUT2D eigenvalue weighted by atomic mass is 19.1. The molecule has 3 aliphatic heterocycles. The molecule has 8 rings (SSSR count). The molecule has 2 bridgehead atoms. The van der Waals surface area contributed by atoms with Crippen LogP contribution in [-0.4, -0.2) is 70.5 Å². The van der Waals surface area contributed by atoms with Crippen molar-refractivity contribution in [1.82, 2.24) is 19.9 Å². The lowest BCUT2D eigenvalue weighted by molar-refractivity contribution is 0.292. The largest absolute Gasteiger partial charge is 0.508 e. The van der Waals surface area contributed by atoms with E-state index in [1.165, 1.54) is 69.7 Å². The number of fused-ring (bicyclic) bond motifs is 5. The third-order valence-electron chi connectivity index (χ3n) is 9.64. The van der Waals surface area contributed by atoms with Gasteiger partial charge in [-0.3, -0.25) is 9.88 Å². The molecule has 2 aromatic heterocycles. The molecule has 4 aliphatic rings. The molecule has 1 saturated carbocycles. The van der Waals surface area contributed by atoms with E-state index in [1.807, 2.05) is 0 Å². The Morgan fingerprint density at radius 2 is 1.84 bits per heavy atom. The summed E-state index contributed by atoms with van der Waals surface area (Å²) in [6, 6.07) is 6.16. The number of halogens is 3. The Morgan fingerprint density at radius 1 is 1.05 bits per heavy atom. The van der Waals surface area contributed by atoms with Crippen LogP contribution in [0.15, 0.2) is 30.5 Å². The molecule has 4 fully saturated rings. The number of pyridine rings is 1. The number of terminal acetylenes is 1. The third-order valence-corrected chi connectivity index (χ3v) is 9.64. The van der Waals surface area contributed by atoms with Crippen LogP contribution >= 0.6 is 0 Å². The fraction of sp³-hybridized carbons (Fsp3) is 0.441. The maximum atomic E-state index is 16.1. The molecule has 0 radical (unpaired) electrons. The van der Waals surface area contributed by atoms with Gasteiger partial charge in [-0.15, -0.1) is 6.42 Å². The molecule has 0 spiro atoms. The highest BCUT2D eigenvalue weighted by Gasteiger charge is 2.36. The molecule has 44 heavy (non-hydrogen) atoms. The first-order valence-corrected chi connectivity index (χ1v) is 15.3. The van der Waals surface area contributed by atoms with Gasteiger partial charge in [0.2, 0.25) is 0 Å². The molecule has 2 aromatic carbocycles. The molecule has 1 aliphatic carbocycles. The van der Waals surface area contributed by atoms with E-state index < -0.39 is 17.8 Å². The summed E-state index contributed by atoms with van der Waals surface area (Å²) in [5.74, 6) is 2.69. The minimum absolute atomic E-state index is 0.0245. The number of nitrogens with zero attached hydrogens (tertiary/aromatic N) is 5. The molecule has 5 heterocycles. The van der Waals surface area contributed by atoms with Gasteiger partial charge in [-0.25, -0.2) is 13.2 Å². The number of piperidine rings is 1. The number of benzene rings is 2. The van der Waals surface area contributed by atoms with Gasteiger partial charge in [-0.05, 0) is 80.5 Å². The molecule has 0 amide bonds. The first-order chi connectivity index (χ1) is 21.3. The molecule has 4 aromatic rings. The van der Waals surface area contributed by atoms with Crippen molar-refractivity contribution >= 4 is 27.5 Å². The van der Waals surface area contributed by atoms with Crippen LogP contribution < -0.4 is 9.64 Å². The number of phenols is 1. The second-order valence-corrected chi connectivity index (χ2v) is 12.4. The molecular weight excluding hydrogens is 567 g/mol. The summed E-state index contributed by atoms with van der Waals surface area (Å²) in [4.78, 5) is 17.7. The highest BCUT2D eigenvalue weighted by Crippen LogP contribution is 2.42. The number of aromatic nitrogens is 3. The standard InChI is InChI=1S/C27H22F2N4O2.C7H12FN/c1-3-18-21(28)7-6-16-9-17(34)10-19(22(16)18)24-23(29)25-20(11-30-24)26(32-27(31-25)35-2)33-12-14-4-5-15(8-14)13-33;8-6-4-7-2-1-3-9(7)5-6/h1,6-7,9-11,14-15,34H,4-5,8,12-13H2,2H3;6-7H,1-5H2. The monoisotopic (exact) mass is 601 g/mol. The van der Waals surface area contributed by atoms with Crippen LogP contribution in [-0.2, 0) is 0 Å². The normalized spacial score (nSPS) is 24.3. The van der Waals surface area contributed by atoms with E-state index in [0.29, 0.717) is 46.4 Å². The summed E-state index contributed by atoms with van der Waals surface area (Å²) in [5.41, 5.74) is 0.112. The molecule has 3 saturated heterocycles. The summed E-state index contributed by atoms with van der Waals surface area (Å²) in [5, 5.41) is 11.6. The minimum Gasteiger partial charge on any atom is -0.508 e. The van der Waals surface area contributed by atoms with Crippen molar-refractivity contribution in [3.8, 4) is 35.4 Å². The first-order valence-electron chi connectivity index (χ1n) is 15.3. The van der Waals surface area contributed by atoms with Crippen LogP contribution in [0.2, 0.25) is 0 Å². The van der Waals surface area contributed by atoms with E-state index in [9.17, 15) is 13.9 Å². The average molecular weight is 602 g/mol. The lowest BCUT2D eigenvalue weighted by Crippen LogP contribution is -2.37. The van der Waals surface area contributed by atoms with Gasteiger partial charge in [0.1, 0.15) is 34.8 Å². The lowest BCUT2D eigenvalue weighted by Gasteiger charge is -2.33. The zero-order valence-corrected chi connectivity index (χ0v) is 24.6. The summed E-state index contributed by atoms with van der Waals surface area (Å²) in [6.07, 6.45) is 13.5. The Balaban J connectivity index is 0.000000296. The molecule has 4 unspecified atom stereocenters. The Hall–Kier alpha value is -4.10. The average Bonchev–Trinajstić information content (AvgIpc) is 3.71. The SMILES string of the molecule is C#Cc1c(F)ccc2cc(O)cc(-c3ncc4c(N5CC6CCC(C6)C5)nc(OC)nc4c3F)c12.FC1CC2CCCN2C1. The maximum absolute atomic E-state index is 16.1. The van der Waals surface area contributed by atoms with Gasteiger partial charge in [0, 0.05) is 42.8 Å². The number of alkyl halides is 1. The van der Waals surface area contributed by atoms with Gasteiger partial charge in [0.25, 0.3) is 0 Å². The molecular formula is C34H34F3N5O2. The number of rotatable bonds is 3. The molecule has 10 heteroatoms. The zero-order valence-electron chi connectivity index (χ0n) is 24.6. The van der Waals surface area contributed by atoms with Crippen LogP contribution in [0.3, 0.4) is 0 Å². The second-order valence-electron chi connectivity index (χ2n) is 12.4. The Morgan fingerprint density at radius 3 is 2.57 bits per heavy atom. The number of methoxy groups -OCH3 is 1. The van der Waals surface area contributed by atoms with Crippen molar-refractivity contribution in [3.63, 3.8) is 0 Å². The summed E-state index contributed by atoms with van der Waals surface area (Å²) in [7, 11) is 1.44. The fourth-order valence-electron chi connectivity index (χ4n) is 7.70. The molecule has 4 atom stereocenters. The molecule has 7 nitrogen and oxygen atoms in total. The van der Waals surface area contributed by atoms with Crippen LogP contribution in [0.4, 0.5) is 19.0 Å². The van der Waals surface area contributed by atoms with Crippen LogP contribution in [0, 0.1) is 35.8 Å². The van der Waals surface area contributed by atoms with Crippen LogP contribution in [0.25, 0.3) is 32.9 Å². The lowest BCUT2D eigenvalue weighted by atomic mass is 9.95. The van der Waals surface area contributed by atoms with E-state index in [0.717, 1.165) is 26.1 Å². The van der Waals surface area contributed by atoms with Gasteiger partial charge in [-0.2, -0.15) is 9.97 Å². The van der Waals surface area contributed by atoms with Crippen molar-refractivity contribution < 1.29 is 23.0 Å². The summed E-state index contributed by atoms with van der Waals surface area (Å²) < 4.78 is 48.6. The van der Waals surface area contributed by atoms with E-state index >= 15 is 4.39 Å². The Bertz CT molecular complexity index is 1770. The third kappa shape index (κ3) is 5.07. The van der Waals surface area contributed by atoms with Gasteiger partial charge in [0.05, 0.1) is 18.1 Å². The van der Waals surface area contributed by atoms with E-state index in [2.05, 4.69) is 30.7 Å². The first kappa shape index (κ1) is 28.7. The van der Waals surface area contributed by atoms with Gasteiger partial charge in [0.15, 0.2) is 5.82 Å². The number of ether oxygens (including phenoxy) is 1. The van der Waals surface area contributed by atoms with Crippen molar-refractivity contribution in [3.05, 3.63) is 47.7 Å².